The van der Waals surface area contributed by atoms with Crippen LogP contribution in [0.2, 0.25) is 0 Å². The summed E-state index contributed by atoms with van der Waals surface area (Å²) in [6, 6.07) is 13.3. The minimum absolute atomic E-state index is 0.0641. The summed E-state index contributed by atoms with van der Waals surface area (Å²) < 4.78 is 6.64. The van der Waals surface area contributed by atoms with E-state index in [4.69, 9.17) is 10.5 Å². The van der Waals surface area contributed by atoms with Gasteiger partial charge < -0.3 is 15.4 Å². The van der Waals surface area contributed by atoms with Crippen molar-refractivity contribution in [1.82, 2.24) is 9.55 Å². The van der Waals surface area contributed by atoms with E-state index in [1.807, 2.05) is 6.07 Å². The average Bonchev–Trinajstić information content (AvgIpc) is 2.80. The Morgan fingerprint density at radius 3 is 2.56 bits per heavy atom. The van der Waals surface area contributed by atoms with Gasteiger partial charge in [-0.3, -0.25) is 29.3 Å². The van der Waals surface area contributed by atoms with Crippen molar-refractivity contribution >= 4 is 23.1 Å². The van der Waals surface area contributed by atoms with Crippen LogP contribution in [0.3, 0.4) is 0 Å². The summed E-state index contributed by atoms with van der Waals surface area (Å²) in [7, 11) is 0. The molecule has 3 N–H and O–H groups in total. The molecule has 0 bridgehead atoms. The number of carbonyl (C=O) groups is 1. The summed E-state index contributed by atoms with van der Waals surface area (Å²) in [6.45, 7) is 3.18. The third kappa shape index (κ3) is 5.31. The molecule has 11 heteroatoms. The minimum atomic E-state index is -0.810. The summed E-state index contributed by atoms with van der Waals surface area (Å²) in [6.07, 6.45) is 0.479. The van der Waals surface area contributed by atoms with Crippen LogP contribution in [-0.2, 0) is 11.3 Å². The second-order valence-electron chi connectivity index (χ2n) is 7.63. The lowest BCUT2D eigenvalue weighted by Crippen LogP contribution is -2.43. The molecule has 0 aliphatic carbocycles. The number of H-pyrrole nitrogens is 1. The second kappa shape index (κ2) is 10.5. The molecule has 1 aromatic heterocycles. The summed E-state index contributed by atoms with van der Waals surface area (Å²) in [5, 5.41) is 11.3. The maximum Gasteiger partial charge on any atom is 0.330 e. The number of amides is 1. The number of hydrogen-bond donors (Lipinski definition) is 2. The zero-order valence-corrected chi connectivity index (χ0v) is 18.8. The van der Waals surface area contributed by atoms with Gasteiger partial charge in [0.1, 0.15) is 5.82 Å². The lowest BCUT2D eigenvalue weighted by molar-refractivity contribution is -0.385. The van der Waals surface area contributed by atoms with E-state index in [1.165, 1.54) is 16.7 Å². The fraction of sp³-hybridized carbons (Fsp3) is 0.261. The van der Waals surface area contributed by atoms with Gasteiger partial charge in [0.15, 0.2) is 18.0 Å². The van der Waals surface area contributed by atoms with E-state index in [1.54, 1.807) is 44.2 Å². The minimum Gasteiger partial charge on any atom is -0.477 e. The standard InChI is InChI=1S/C23H25N5O6/c1-3-11-26(19(29)14-34-18-12-15(2)9-10-17(18)28(32)33)20-21(24)27(23(31)25-22(20)30)13-16-7-5-4-6-8-16/h4-10,12H,3,11,13-14,24H2,1-2H3,(H,25,30,31). The molecule has 0 fully saturated rings. The number of carbonyl (C=O) groups excluding carboxylic acids is 1. The quantitative estimate of drug-likeness (QED) is 0.361. The molecule has 0 aliphatic rings. The van der Waals surface area contributed by atoms with Crippen molar-refractivity contribution in [3.63, 3.8) is 0 Å². The van der Waals surface area contributed by atoms with Gasteiger partial charge in [0.25, 0.3) is 11.5 Å². The molecule has 1 amide bonds. The number of hydrogen-bond acceptors (Lipinski definition) is 7. The van der Waals surface area contributed by atoms with Crippen LogP contribution < -0.4 is 26.6 Å². The number of anilines is 2. The van der Waals surface area contributed by atoms with E-state index in [9.17, 15) is 24.5 Å². The van der Waals surface area contributed by atoms with Crippen molar-refractivity contribution in [3.05, 3.63) is 90.6 Å². The SMILES string of the molecule is CCCN(C(=O)COc1cc(C)ccc1[N+](=O)[O-])c1c(N)n(Cc2ccccc2)c(=O)[nH]c1=O. The highest BCUT2D eigenvalue weighted by Gasteiger charge is 2.25. The number of aryl methyl sites for hydroxylation is 1. The molecule has 0 spiro atoms. The first kappa shape index (κ1) is 24.2. The molecular formula is C23H25N5O6. The lowest BCUT2D eigenvalue weighted by atomic mass is 10.2. The van der Waals surface area contributed by atoms with Crippen molar-refractivity contribution < 1.29 is 14.5 Å². The van der Waals surface area contributed by atoms with Crippen LogP contribution in [0.5, 0.6) is 5.75 Å². The second-order valence-corrected chi connectivity index (χ2v) is 7.63. The molecule has 0 aliphatic heterocycles. The first-order valence-corrected chi connectivity index (χ1v) is 10.6. The number of nitrogens with two attached hydrogens (primary N) is 1. The maximum absolute atomic E-state index is 13.1. The molecule has 0 atom stereocenters. The molecule has 3 aromatic rings. The first-order chi connectivity index (χ1) is 16.2. The normalized spacial score (nSPS) is 10.6. The van der Waals surface area contributed by atoms with Gasteiger partial charge in [-0.15, -0.1) is 0 Å². The highest BCUT2D eigenvalue weighted by molar-refractivity contribution is 5.96. The molecule has 0 unspecified atom stereocenters. The van der Waals surface area contributed by atoms with E-state index in [0.717, 1.165) is 10.5 Å². The predicted molar refractivity (Wildman–Crippen MR) is 127 cm³/mol. The Bertz CT molecular complexity index is 1320. The van der Waals surface area contributed by atoms with Crippen LogP contribution in [0.4, 0.5) is 17.2 Å². The molecule has 0 saturated heterocycles. The third-order valence-electron chi connectivity index (χ3n) is 5.08. The van der Waals surface area contributed by atoms with Gasteiger partial charge in [-0.2, -0.15) is 0 Å². The van der Waals surface area contributed by atoms with E-state index in [2.05, 4.69) is 4.98 Å². The molecule has 34 heavy (non-hydrogen) atoms. The average molecular weight is 467 g/mol. The summed E-state index contributed by atoms with van der Waals surface area (Å²) in [5.41, 5.74) is 5.73. The highest BCUT2D eigenvalue weighted by Crippen LogP contribution is 2.28. The van der Waals surface area contributed by atoms with E-state index >= 15 is 0 Å². The van der Waals surface area contributed by atoms with Crippen molar-refractivity contribution in [2.75, 3.05) is 23.8 Å². The van der Waals surface area contributed by atoms with Crippen LogP contribution in [-0.4, -0.2) is 33.5 Å². The van der Waals surface area contributed by atoms with Crippen LogP contribution in [0.25, 0.3) is 0 Å². The summed E-state index contributed by atoms with van der Waals surface area (Å²) in [4.78, 5) is 52.2. The molecule has 2 aromatic carbocycles. The van der Waals surface area contributed by atoms with Gasteiger partial charge in [0.05, 0.1) is 11.5 Å². The lowest BCUT2D eigenvalue weighted by Gasteiger charge is -2.24. The Hall–Kier alpha value is -4.41. The maximum atomic E-state index is 13.1. The molecular weight excluding hydrogens is 442 g/mol. The smallest absolute Gasteiger partial charge is 0.330 e. The van der Waals surface area contributed by atoms with Gasteiger partial charge in [0.2, 0.25) is 0 Å². The predicted octanol–water partition coefficient (Wildman–Crippen LogP) is 2.21. The Morgan fingerprint density at radius 1 is 1.21 bits per heavy atom. The molecule has 178 valence electrons. The van der Waals surface area contributed by atoms with Crippen LogP contribution in [0, 0.1) is 17.0 Å². The summed E-state index contributed by atoms with van der Waals surface area (Å²) >= 11 is 0. The zero-order chi connectivity index (χ0) is 24.8. The first-order valence-electron chi connectivity index (χ1n) is 10.6. The van der Waals surface area contributed by atoms with E-state index in [0.29, 0.717) is 12.0 Å². The molecule has 11 nitrogen and oxygen atoms in total. The number of rotatable bonds is 9. The number of benzene rings is 2. The van der Waals surface area contributed by atoms with Crippen molar-refractivity contribution in [1.29, 1.82) is 0 Å². The van der Waals surface area contributed by atoms with Gasteiger partial charge in [-0.1, -0.05) is 43.3 Å². The fourth-order valence-corrected chi connectivity index (χ4v) is 3.45. The molecule has 1 heterocycles. The zero-order valence-electron chi connectivity index (χ0n) is 18.8. The van der Waals surface area contributed by atoms with Gasteiger partial charge in [-0.25, -0.2) is 4.79 Å². The fourth-order valence-electron chi connectivity index (χ4n) is 3.45. The largest absolute Gasteiger partial charge is 0.477 e. The Balaban J connectivity index is 1.94. The Labute approximate surface area is 194 Å². The van der Waals surface area contributed by atoms with Crippen molar-refractivity contribution in [2.24, 2.45) is 0 Å². The molecule has 0 saturated carbocycles. The van der Waals surface area contributed by atoms with Crippen molar-refractivity contribution in [2.45, 2.75) is 26.8 Å². The number of nitrogen functional groups attached to an aromatic ring is 1. The van der Waals surface area contributed by atoms with E-state index < -0.39 is 28.7 Å². The summed E-state index contributed by atoms with van der Waals surface area (Å²) in [5.74, 6) is -0.869. The van der Waals surface area contributed by atoms with Gasteiger partial charge in [-0.05, 0) is 30.5 Å². The number of aromatic amines is 1. The van der Waals surface area contributed by atoms with Crippen molar-refractivity contribution in [3.8, 4) is 5.75 Å². The number of ether oxygens (including phenoxy) is 1. The number of nitrogens with zero attached hydrogens (tertiary/aromatic N) is 3. The van der Waals surface area contributed by atoms with Gasteiger partial charge >= 0.3 is 11.4 Å². The number of nitrogens with one attached hydrogen (secondary N) is 1. The van der Waals surface area contributed by atoms with E-state index in [-0.39, 0.29) is 36.0 Å². The molecule has 0 radical (unpaired) electrons. The highest BCUT2D eigenvalue weighted by atomic mass is 16.6. The van der Waals surface area contributed by atoms with Gasteiger partial charge in [0, 0.05) is 12.6 Å². The number of nitro benzene ring substituents is 1. The monoisotopic (exact) mass is 467 g/mol. The Kier molecular flexibility index (Phi) is 7.46. The topological polar surface area (TPSA) is 154 Å². The third-order valence-corrected chi connectivity index (χ3v) is 5.08. The number of aromatic nitrogens is 2. The molecule has 3 rings (SSSR count). The van der Waals surface area contributed by atoms with Crippen LogP contribution in [0.1, 0.15) is 24.5 Å². The Morgan fingerprint density at radius 2 is 1.91 bits per heavy atom. The van der Waals surface area contributed by atoms with Crippen LogP contribution in [0.15, 0.2) is 58.1 Å². The number of nitro groups is 1. The van der Waals surface area contributed by atoms with Crippen LogP contribution >= 0.6 is 0 Å².